The number of rotatable bonds is 8. The van der Waals surface area contributed by atoms with E-state index in [1.807, 2.05) is 32.9 Å². The molecule has 0 bridgehead atoms. The Balaban J connectivity index is 1.68. The number of carbonyl (C=O) groups is 4. The average molecular weight is 422 g/mol. The number of carbonyl (C=O) groups excluding carboxylic acids is 4. The molecule has 0 spiro atoms. The molecular formula is C24H26N2O5. The molecule has 1 aliphatic heterocycles. The molecule has 1 atom stereocenters. The Hall–Kier alpha value is -3.48. The second kappa shape index (κ2) is 9.55. The molecule has 0 fully saturated rings. The van der Waals surface area contributed by atoms with Crippen LogP contribution < -0.4 is 5.32 Å². The van der Waals surface area contributed by atoms with Crippen molar-refractivity contribution < 1.29 is 23.9 Å². The summed E-state index contributed by atoms with van der Waals surface area (Å²) in [6.07, 6.45) is 1.68. The molecule has 0 saturated heterocycles. The van der Waals surface area contributed by atoms with Crippen molar-refractivity contribution in [1.82, 2.24) is 4.90 Å². The number of aryl methyl sites for hydroxylation is 2. The summed E-state index contributed by atoms with van der Waals surface area (Å²) in [6, 6.07) is 11.0. The highest BCUT2D eigenvalue weighted by Gasteiger charge is 2.43. The molecule has 0 aliphatic carbocycles. The number of fused-ring (bicyclic) bond motifs is 1. The van der Waals surface area contributed by atoms with Gasteiger partial charge in [-0.15, -0.1) is 0 Å². The van der Waals surface area contributed by atoms with E-state index in [4.69, 9.17) is 4.74 Å². The van der Waals surface area contributed by atoms with Gasteiger partial charge in [-0.05, 0) is 44.0 Å². The van der Waals surface area contributed by atoms with Crippen molar-refractivity contribution in [2.75, 3.05) is 11.9 Å². The minimum Gasteiger partial charge on any atom is -0.454 e. The van der Waals surface area contributed by atoms with E-state index in [1.54, 1.807) is 30.3 Å². The van der Waals surface area contributed by atoms with E-state index in [1.165, 1.54) is 0 Å². The van der Waals surface area contributed by atoms with Crippen LogP contribution in [0.25, 0.3) is 0 Å². The standard InChI is InChI=1S/C24H26N2O5/c1-4-5-10-20(26-22(28)17-8-6-7-9-18(17)23(26)29)24(30)31-14-21(27)25-19-12-11-15(2)13-16(19)3/h6-9,11-13,20H,4-5,10,14H2,1-3H3,(H,25,27)/t20-/m0/s1. The number of benzene rings is 2. The van der Waals surface area contributed by atoms with Crippen LogP contribution in [0.4, 0.5) is 5.69 Å². The van der Waals surface area contributed by atoms with E-state index >= 15 is 0 Å². The lowest BCUT2D eigenvalue weighted by Crippen LogP contribution is -2.46. The van der Waals surface area contributed by atoms with Gasteiger partial charge in [-0.25, -0.2) is 4.79 Å². The molecule has 0 saturated carbocycles. The van der Waals surface area contributed by atoms with Crippen molar-refractivity contribution >= 4 is 29.4 Å². The number of esters is 1. The Kier molecular flexibility index (Phi) is 6.84. The lowest BCUT2D eigenvalue weighted by atomic mass is 10.1. The molecule has 2 aromatic carbocycles. The predicted molar refractivity (Wildman–Crippen MR) is 116 cm³/mol. The quantitative estimate of drug-likeness (QED) is 0.518. The first-order chi connectivity index (χ1) is 14.8. The highest BCUT2D eigenvalue weighted by Crippen LogP contribution is 2.27. The maximum atomic E-state index is 12.8. The average Bonchev–Trinajstić information content (AvgIpc) is 3.00. The first kappa shape index (κ1) is 22.2. The van der Waals surface area contributed by atoms with Crippen molar-refractivity contribution in [1.29, 1.82) is 0 Å². The summed E-state index contributed by atoms with van der Waals surface area (Å²) in [6.45, 7) is 5.27. The predicted octanol–water partition coefficient (Wildman–Crippen LogP) is 3.64. The normalized spacial score (nSPS) is 13.7. The first-order valence-corrected chi connectivity index (χ1v) is 10.3. The lowest BCUT2D eigenvalue weighted by Gasteiger charge is -2.24. The highest BCUT2D eigenvalue weighted by molar-refractivity contribution is 6.22. The third kappa shape index (κ3) is 4.82. The molecule has 3 amide bonds. The number of hydrogen-bond donors (Lipinski definition) is 1. The number of nitrogens with one attached hydrogen (secondary N) is 1. The Morgan fingerprint density at radius 3 is 2.26 bits per heavy atom. The van der Waals surface area contributed by atoms with Gasteiger partial charge in [-0.2, -0.15) is 0 Å². The zero-order valence-electron chi connectivity index (χ0n) is 17.9. The maximum Gasteiger partial charge on any atom is 0.329 e. The van der Waals surface area contributed by atoms with Gasteiger partial charge in [-0.1, -0.05) is 49.6 Å². The minimum absolute atomic E-state index is 0.273. The zero-order chi connectivity index (χ0) is 22.5. The Labute approximate surface area is 181 Å². The first-order valence-electron chi connectivity index (χ1n) is 10.3. The Bertz CT molecular complexity index is 995. The van der Waals surface area contributed by atoms with Gasteiger partial charge in [0.15, 0.2) is 6.61 Å². The fourth-order valence-corrected chi connectivity index (χ4v) is 3.61. The highest BCUT2D eigenvalue weighted by atomic mass is 16.5. The maximum absolute atomic E-state index is 12.8. The van der Waals surface area contributed by atoms with E-state index in [2.05, 4.69) is 5.32 Å². The van der Waals surface area contributed by atoms with Crippen LogP contribution >= 0.6 is 0 Å². The van der Waals surface area contributed by atoms with E-state index < -0.39 is 36.3 Å². The molecule has 1 N–H and O–H groups in total. The third-order valence-corrected chi connectivity index (χ3v) is 5.24. The molecule has 7 nitrogen and oxygen atoms in total. The smallest absolute Gasteiger partial charge is 0.329 e. The number of ether oxygens (including phenoxy) is 1. The van der Waals surface area contributed by atoms with Crippen LogP contribution in [0.5, 0.6) is 0 Å². The molecule has 31 heavy (non-hydrogen) atoms. The van der Waals surface area contributed by atoms with Crippen LogP contribution in [0.15, 0.2) is 42.5 Å². The number of unbranched alkanes of at least 4 members (excludes halogenated alkanes) is 1. The van der Waals surface area contributed by atoms with Crippen molar-refractivity contribution in [3.63, 3.8) is 0 Å². The molecular weight excluding hydrogens is 396 g/mol. The molecule has 0 unspecified atom stereocenters. The van der Waals surface area contributed by atoms with E-state index in [9.17, 15) is 19.2 Å². The van der Waals surface area contributed by atoms with E-state index in [0.717, 1.165) is 22.4 Å². The monoisotopic (exact) mass is 422 g/mol. The summed E-state index contributed by atoms with van der Waals surface area (Å²) in [5.74, 6) is -2.28. The van der Waals surface area contributed by atoms with Gasteiger partial charge in [0.1, 0.15) is 6.04 Å². The molecule has 3 rings (SSSR count). The summed E-state index contributed by atoms with van der Waals surface area (Å²) in [5.41, 5.74) is 3.14. The van der Waals surface area contributed by atoms with E-state index in [-0.39, 0.29) is 17.5 Å². The van der Waals surface area contributed by atoms with Crippen LogP contribution in [-0.2, 0) is 14.3 Å². The molecule has 1 heterocycles. The number of anilines is 1. The molecule has 0 aromatic heterocycles. The summed E-state index contributed by atoms with van der Waals surface area (Å²) in [7, 11) is 0. The lowest BCUT2D eigenvalue weighted by molar-refractivity contribution is -0.151. The number of hydrogen-bond acceptors (Lipinski definition) is 5. The van der Waals surface area contributed by atoms with Crippen LogP contribution in [-0.4, -0.2) is 41.2 Å². The van der Waals surface area contributed by atoms with Gasteiger partial charge >= 0.3 is 5.97 Å². The number of amides is 3. The largest absolute Gasteiger partial charge is 0.454 e. The van der Waals surface area contributed by atoms with Gasteiger partial charge in [0.05, 0.1) is 11.1 Å². The van der Waals surface area contributed by atoms with Gasteiger partial charge in [0.2, 0.25) is 0 Å². The fourth-order valence-electron chi connectivity index (χ4n) is 3.61. The van der Waals surface area contributed by atoms with Crippen LogP contribution in [0, 0.1) is 13.8 Å². The van der Waals surface area contributed by atoms with Crippen molar-refractivity contribution in [3.05, 3.63) is 64.7 Å². The molecule has 162 valence electrons. The van der Waals surface area contributed by atoms with Gasteiger partial charge in [0, 0.05) is 5.69 Å². The zero-order valence-corrected chi connectivity index (χ0v) is 17.9. The SMILES string of the molecule is CCCC[C@@H](C(=O)OCC(=O)Nc1ccc(C)cc1C)N1C(=O)c2ccccc2C1=O. The third-order valence-electron chi connectivity index (χ3n) is 5.24. The Morgan fingerprint density at radius 1 is 1.03 bits per heavy atom. The fraction of sp³-hybridized carbons (Fsp3) is 0.333. The summed E-state index contributed by atoms with van der Waals surface area (Å²) < 4.78 is 5.21. The Morgan fingerprint density at radius 2 is 1.68 bits per heavy atom. The van der Waals surface area contributed by atoms with E-state index in [0.29, 0.717) is 12.1 Å². The topological polar surface area (TPSA) is 92.8 Å². The number of nitrogens with zero attached hydrogens (tertiary/aromatic N) is 1. The summed E-state index contributed by atoms with van der Waals surface area (Å²) in [4.78, 5) is 51.6. The van der Waals surface area contributed by atoms with Crippen molar-refractivity contribution in [3.8, 4) is 0 Å². The second-order valence-corrected chi connectivity index (χ2v) is 7.66. The summed E-state index contributed by atoms with van der Waals surface area (Å²) in [5, 5.41) is 2.71. The van der Waals surface area contributed by atoms with Crippen molar-refractivity contribution in [2.24, 2.45) is 0 Å². The minimum atomic E-state index is -1.07. The van der Waals surface area contributed by atoms with Gasteiger partial charge < -0.3 is 10.1 Å². The molecule has 0 radical (unpaired) electrons. The van der Waals surface area contributed by atoms with Gasteiger partial charge in [0.25, 0.3) is 17.7 Å². The van der Waals surface area contributed by atoms with Gasteiger partial charge in [-0.3, -0.25) is 19.3 Å². The number of imide groups is 1. The van der Waals surface area contributed by atoms with Crippen LogP contribution in [0.1, 0.15) is 58.0 Å². The molecule has 1 aliphatic rings. The summed E-state index contributed by atoms with van der Waals surface area (Å²) >= 11 is 0. The second-order valence-electron chi connectivity index (χ2n) is 7.66. The van der Waals surface area contributed by atoms with Crippen molar-refractivity contribution in [2.45, 2.75) is 46.1 Å². The van der Waals surface area contributed by atoms with Crippen LogP contribution in [0.2, 0.25) is 0 Å². The molecule has 7 heteroatoms. The molecule has 2 aromatic rings. The van der Waals surface area contributed by atoms with Crippen LogP contribution in [0.3, 0.4) is 0 Å².